The highest BCUT2D eigenvalue weighted by molar-refractivity contribution is 7.87. The molecule has 0 radical (unpaired) electrons. The van der Waals surface area contributed by atoms with Crippen molar-refractivity contribution in [3.05, 3.63) is 24.3 Å². The Kier molecular flexibility index (Phi) is 4.85. The van der Waals surface area contributed by atoms with E-state index in [0.717, 1.165) is 30.8 Å². The average molecular weight is 326 g/mol. The van der Waals surface area contributed by atoms with Crippen LogP contribution in [0, 0.1) is 0 Å². The zero-order valence-corrected chi connectivity index (χ0v) is 13.3. The molecular weight excluding hydrogens is 304 g/mol. The molecule has 0 aliphatic carbocycles. The zero-order valence-electron chi connectivity index (χ0n) is 12.5. The number of hydrogen-bond acceptors (Lipinski definition) is 4. The molecule has 1 aromatic rings. The molecule has 0 spiro atoms. The number of piperidine rings is 1. The monoisotopic (exact) mass is 326 g/mol. The lowest BCUT2D eigenvalue weighted by molar-refractivity contribution is 0.0858. The van der Waals surface area contributed by atoms with Crippen molar-refractivity contribution >= 4 is 10.2 Å². The van der Waals surface area contributed by atoms with Gasteiger partial charge in [-0.25, -0.2) is 4.72 Å². The largest absolute Gasteiger partial charge is 0.486 e. The van der Waals surface area contributed by atoms with E-state index in [0.29, 0.717) is 32.7 Å². The number of nitrogens with zero attached hydrogens (tertiary/aromatic N) is 1. The normalized spacial score (nSPS) is 22.5. The summed E-state index contributed by atoms with van der Waals surface area (Å²) in [4.78, 5) is 0. The first-order valence-corrected chi connectivity index (χ1v) is 9.22. The second-order valence-corrected chi connectivity index (χ2v) is 7.40. The van der Waals surface area contributed by atoms with Crippen LogP contribution in [0.25, 0.3) is 0 Å². The Bertz CT molecular complexity index is 599. The molecule has 0 saturated carbocycles. The molecule has 2 aliphatic heterocycles. The molecule has 22 heavy (non-hydrogen) atoms. The van der Waals surface area contributed by atoms with Crippen LogP contribution in [0.3, 0.4) is 0 Å². The predicted molar refractivity (Wildman–Crippen MR) is 83.3 cm³/mol. The summed E-state index contributed by atoms with van der Waals surface area (Å²) in [5, 5.41) is 0. The summed E-state index contributed by atoms with van der Waals surface area (Å²) in [6, 6.07) is 7.52. The summed E-state index contributed by atoms with van der Waals surface area (Å²) >= 11 is 0. The smallest absolute Gasteiger partial charge is 0.279 e. The average Bonchev–Trinajstić information content (AvgIpc) is 2.55. The van der Waals surface area contributed by atoms with Crippen molar-refractivity contribution in [1.29, 1.82) is 0 Å². The first kappa shape index (κ1) is 15.6. The molecule has 1 N–H and O–H groups in total. The van der Waals surface area contributed by atoms with Crippen LogP contribution in [0.1, 0.15) is 25.7 Å². The van der Waals surface area contributed by atoms with E-state index in [9.17, 15) is 8.42 Å². The summed E-state index contributed by atoms with van der Waals surface area (Å²) in [7, 11) is -3.36. The Morgan fingerprint density at radius 2 is 1.86 bits per heavy atom. The van der Waals surface area contributed by atoms with Gasteiger partial charge in [0.15, 0.2) is 11.5 Å². The summed E-state index contributed by atoms with van der Waals surface area (Å²) in [6.07, 6.45) is 3.45. The molecule has 0 bridgehead atoms. The Labute approximate surface area is 131 Å². The molecule has 2 heterocycles. The molecule has 1 aromatic carbocycles. The Morgan fingerprint density at radius 1 is 1.14 bits per heavy atom. The fourth-order valence-corrected chi connectivity index (χ4v) is 4.05. The minimum atomic E-state index is -3.36. The fourth-order valence-electron chi connectivity index (χ4n) is 2.75. The third-order valence-electron chi connectivity index (χ3n) is 3.97. The van der Waals surface area contributed by atoms with Crippen molar-refractivity contribution < 1.29 is 17.9 Å². The van der Waals surface area contributed by atoms with Gasteiger partial charge in [-0.15, -0.1) is 0 Å². The highest BCUT2D eigenvalue weighted by Gasteiger charge is 2.25. The standard InChI is InChI=1S/C15H22N2O4S/c18-22(19,17-10-4-1-5-11-17)16-9-8-13-12-20-14-6-2-3-7-15(14)21-13/h2-3,6-7,13,16H,1,4-5,8-12H2. The Morgan fingerprint density at radius 3 is 2.64 bits per heavy atom. The molecule has 6 nitrogen and oxygen atoms in total. The van der Waals surface area contributed by atoms with E-state index in [-0.39, 0.29) is 6.10 Å². The van der Waals surface area contributed by atoms with E-state index in [1.54, 1.807) is 0 Å². The van der Waals surface area contributed by atoms with Crippen molar-refractivity contribution in [3.63, 3.8) is 0 Å². The topological polar surface area (TPSA) is 67.9 Å². The highest BCUT2D eigenvalue weighted by atomic mass is 32.2. The van der Waals surface area contributed by atoms with Crippen LogP contribution < -0.4 is 14.2 Å². The van der Waals surface area contributed by atoms with Gasteiger partial charge < -0.3 is 9.47 Å². The van der Waals surface area contributed by atoms with Crippen molar-refractivity contribution in [2.24, 2.45) is 0 Å². The molecule has 0 aromatic heterocycles. The number of hydrogen-bond donors (Lipinski definition) is 1. The Hall–Kier alpha value is -1.31. The van der Waals surface area contributed by atoms with E-state index < -0.39 is 10.2 Å². The summed E-state index contributed by atoms with van der Waals surface area (Å²) in [6.45, 7) is 2.04. The van der Waals surface area contributed by atoms with Crippen molar-refractivity contribution in [3.8, 4) is 11.5 Å². The molecule has 1 unspecified atom stereocenters. The van der Waals surface area contributed by atoms with E-state index in [1.165, 1.54) is 4.31 Å². The molecular formula is C15H22N2O4S. The molecule has 7 heteroatoms. The second kappa shape index (κ2) is 6.85. The molecule has 2 aliphatic rings. The number of rotatable bonds is 5. The van der Waals surface area contributed by atoms with E-state index in [4.69, 9.17) is 9.47 Å². The lowest BCUT2D eigenvalue weighted by atomic mass is 10.2. The Balaban J connectivity index is 1.47. The van der Waals surface area contributed by atoms with Gasteiger partial charge in [0.25, 0.3) is 10.2 Å². The van der Waals surface area contributed by atoms with Gasteiger partial charge in [-0.05, 0) is 25.0 Å². The molecule has 1 saturated heterocycles. The quantitative estimate of drug-likeness (QED) is 0.891. The third-order valence-corrected chi connectivity index (χ3v) is 5.59. The molecule has 0 amide bonds. The maximum absolute atomic E-state index is 12.2. The molecule has 1 fully saturated rings. The van der Waals surface area contributed by atoms with Gasteiger partial charge in [-0.2, -0.15) is 12.7 Å². The zero-order chi connectivity index (χ0) is 15.4. The lowest BCUT2D eigenvalue weighted by Gasteiger charge is -2.28. The van der Waals surface area contributed by atoms with Crippen LogP contribution in [0.4, 0.5) is 0 Å². The van der Waals surface area contributed by atoms with Crippen LogP contribution in [-0.4, -0.2) is 45.1 Å². The van der Waals surface area contributed by atoms with E-state index in [2.05, 4.69) is 4.72 Å². The SMILES string of the molecule is O=S(=O)(NCCC1COc2ccccc2O1)N1CCCCC1. The van der Waals surface area contributed by atoms with E-state index >= 15 is 0 Å². The van der Waals surface area contributed by atoms with Gasteiger partial charge in [0, 0.05) is 26.1 Å². The predicted octanol–water partition coefficient (Wildman–Crippen LogP) is 1.54. The molecule has 122 valence electrons. The van der Waals surface area contributed by atoms with Gasteiger partial charge >= 0.3 is 0 Å². The minimum Gasteiger partial charge on any atom is -0.486 e. The van der Waals surface area contributed by atoms with Crippen LogP contribution >= 0.6 is 0 Å². The number of para-hydroxylation sites is 2. The minimum absolute atomic E-state index is 0.126. The molecule has 3 rings (SSSR count). The highest BCUT2D eigenvalue weighted by Crippen LogP contribution is 2.31. The summed E-state index contributed by atoms with van der Waals surface area (Å²) in [5.41, 5.74) is 0. The number of benzene rings is 1. The maximum atomic E-state index is 12.2. The van der Waals surface area contributed by atoms with Gasteiger partial charge in [-0.3, -0.25) is 0 Å². The summed E-state index contributed by atoms with van der Waals surface area (Å²) in [5.74, 6) is 1.46. The van der Waals surface area contributed by atoms with Gasteiger partial charge in [0.05, 0.1) is 0 Å². The van der Waals surface area contributed by atoms with Gasteiger partial charge in [-0.1, -0.05) is 18.6 Å². The van der Waals surface area contributed by atoms with Crippen molar-refractivity contribution in [2.75, 3.05) is 26.2 Å². The number of ether oxygens (including phenoxy) is 2. The van der Waals surface area contributed by atoms with Crippen molar-refractivity contribution in [1.82, 2.24) is 9.03 Å². The van der Waals surface area contributed by atoms with Gasteiger partial charge in [0.1, 0.15) is 12.7 Å². The number of fused-ring (bicyclic) bond motifs is 1. The first-order chi connectivity index (χ1) is 10.6. The molecule has 1 atom stereocenters. The summed E-state index contributed by atoms with van der Waals surface area (Å²) < 4.78 is 40.0. The van der Waals surface area contributed by atoms with E-state index in [1.807, 2.05) is 24.3 Å². The maximum Gasteiger partial charge on any atom is 0.279 e. The van der Waals surface area contributed by atoms with Crippen LogP contribution in [-0.2, 0) is 10.2 Å². The van der Waals surface area contributed by atoms with Crippen molar-refractivity contribution in [2.45, 2.75) is 31.8 Å². The fraction of sp³-hybridized carbons (Fsp3) is 0.600. The lowest BCUT2D eigenvalue weighted by Crippen LogP contribution is -2.44. The van der Waals surface area contributed by atoms with Gasteiger partial charge in [0.2, 0.25) is 0 Å². The third kappa shape index (κ3) is 3.71. The first-order valence-electron chi connectivity index (χ1n) is 7.78. The second-order valence-electron chi connectivity index (χ2n) is 5.65. The number of nitrogens with one attached hydrogen (secondary N) is 1. The van der Waals surface area contributed by atoms with Crippen LogP contribution in [0.15, 0.2) is 24.3 Å². The van der Waals surface area contributed by atoms with Crippen LogP contribution in [0.2, 0.25) is 0 Å². The van der Waals surface area contributed by atoms with Crippen LogP contribution in [0.5, 0.6) is 11.5 Å².